The molecule has 0 radical (unpaired) electrons. The normalized spacial score (nSPS) is 10.8. The number of aryl methyl sites for hydroxylation is 1. The molecule has 1 aromatic carbocycles. The molecule has 24 heavy (non-hydrogen) atoms. The molecule has 0 saturated heterocycles. The Hall–Kier alpha value is -2.70. The predicted molar refractivity (Wildman–Crippen MR) is 87.3 cm³/mol. The lowest BCUT2D eigenvalue weighted by Crippen LogP contribution is -2.35. The Morgan fingerprint density at radius 3 is 2.50 bits per heavy atom. The standard InChI is InChI=1S/C17H20FN3O3/c1-10(2)16-15(11(3)20-24-16)17(23)21(4)9-14(22)19-13-7-5-12(18)6-8-13/h5-8,10H,9H2,1-4H3,(H,19,22). The summed E-state index contributed by atoms with van der Waals surface area (Å²) in [5.74, 6) is -0.580. The summed E-state index contributed by atoms with van der Waals surface area (Å²) >= 11 is 0. The molecule has 0 bridgehead atoms. The van der Waals surface area contributed by atoms with Crippen LogP contribution in [0.1, 0.15) is 41.6 Å². The van der Waals surface area contributed by atoms with Crippen molar-refractivity contribution in [3.8, 4) is 0 Å². The lowest BCUT2D eigenvalue weighted by atomic mass is 10.0. The van der Waals surface area contributed by atoms with Gasteiger partial charge in [-0.05, 0) is 31.2 Å². The highest BCUT2D eigenvalue weighted by Gasteiger charge is 2.26. The van der Waals surface area contributed by atoms with Crippen molar-refractivity contribution in [2.45, 2.75) is 26.7 Å². The smallest absolute Gasteiger partial charge is 0.259 e. The first-order chi connectivity index (χ1) is 11.3. The maximum absolute atomic E-state index is 12.9. The fourth-order valence-corrected chi connectivity index (χ4v) is 2.25. The number of carbonyl (C=O) groups excluding carboxylic acids is 2. The van der Waals surface area contributed by atoms with Crippen molar-refractivity contribution < 1.29 is 18.5 Å². The molecule has 0 spiro atoms. The van der Waals surface area contributed by atoms with Crippen LogP contribution < -0.4 is 5.32 Å². The van der Waals surface area contributed by atoms with Crippen molar-refractivity contribution in [2.24, 2.45) is 0 Å². The van der Waals surface area contributed by atoms with Gasteiger partial charge in [0, 0.05) is 18.7 Å². The minimum atomic E-state index is -0.385. The quantitative estimate of drug-likeness (QED) is 0.913. The van der Waals surface area contributed by atoms with Crippen molar-refractivity contribution in [3.63, 3.8) is 0 Å². The second-order valence-corrected chi connectivity index (χ2v) is 5.88. The molecule has 2 aromatic rings. The van der Waals surface area contributed by atoms with Crippen LogP contribution in [0.3, 0.4) is 0 Å². The van der Waals surface area contributed by atoms with Gasteiger partial charge in [-0.25, -0.2) is 4.39 Å². The number of hydrogen-bond donors (Lipinski definition) is 1. The van der Waals surface area contributed by atoms with E-state index in [0.29, 0.717) is 22.7 Å². The molecule has 128 valence electrons. The fourth-order valence-electron chi connectivity index (χ4n) is 2.25. The molecule has 1 aromatic heterocycles. The minimum Gasteiger partial charge on any atom is -0.360 e. The Morgan fingerprint density at radius 2 is 1.92 bits per heavy atom. The Bertz CT molecular complexity index is 738. The van der Waals surface area contributed by atoms with Crippen molar-refractivity contribution in [2.75, 3.05) is 18.9 Å². The van der Waals surface area contributed by atoms with Gasteiger partial charge >= 0.3 is 0 Å². The number of nitrogens with one attached hydrogen (secondary N) is 1. The molecule has 2 amide bonds. The van der Waals surface area contributed by atoms with Crippen LogP contribution >= 0.6 is 0 Å². The third kappa shape index (κ3) is 3.98. The zero-order chi connectivity index (χ0) is 17.9. The zero-order valence-corrected chi connectivity index (χ0v) is 14.1. The van der Waals surface area contributed by atoms with Gasteiger partial charge in [-0.1, -0.05) is 19.0 Å². The highest BCUT2D eigenvalue weighted by atomic mass is 19.1. The molecule has 0 aliphatic carbocycles. The van der Waals surface area contributed by atoms with Gasteiger partial charge in [0.05, 0.1) is 12.2 Å². The molecule has 0 unspecified atom stereocenters. The van der Waals surface area contributed by atoms with Gasteiger partial charge in [0.1, 0.15) is 11.4 Å². The zero-order valence-electron chi connectivity index (χ0n) is 14.1. The summed E-state index contributed by atoms with van der Waals surface area (Å²) in [6, 6.07) is 5.41. The van der Waals surface area contributed by atoms with Crippen molar-refractivity contribution in [1.82, 2.24) is 10.1 Å². The number of benzene rings is 1. The number of amides is 2. The van der Waals surface area contributed by atoms with Gasteiger partial charge in [0.25, 0.3) is 5.91 Å². The summed E-state index contributed by atoms with van der Waals surface area (Å²) < 4.78 is 18.1. The number of nitrogens with zero attached hydrogens (tertiary/aromatic N) is 2. The molecule has 2 rings (SSSR count). The van der Waals surface area contributed by atoms with Crippen LogP contribution in [0.25, 0.3) is 0 Å². The van der Waals surface area contributed by atoms with E-state index >= 15 is 0 Å². The van der Waals surface area contributed by atoms with E-state index in [-0.39, 0.29) is 30.1 Å². The van der Waals surface area contributed by atoms with Crippen LogP contribution in [0.2, 0.25) is 0 Å². The van der Waals surface area contributed by atoms with Crippen molar-refractivity contribution >= 4 is 17.5 Å². The van der Waals surface area contributed by atoms with Crippen LogP contribution in [-0.2, 0) is 4.79 Å². The number of carbonyl (C=O) groups is 2. The number of anilines is 1. The lowest BCUT2D eigenvalue weighted by molar-refractivity contribution is -0.116. The average Bonchev–Trinajstić information content (AvgIpc) is 2.90. The number of aromatic nitrogens is 1. The summed E-state index contributed by atoms with van der Waals surface area (Å²) in [6.07, 6.45) is 0. The van der Waals surface area contributed by atoms with Gasteiger partial charge in [0.15, 0.2) is 5.76 Å². The second kappa shape index (κ2) is 7.25. The van der Waals surface area contributed by atoms with Crippen LogP contribution in [0.15, 0.2) is 28.8 Å². The molecular weight excluding hydrogens is 313 g/mol. The maximum atomic E-state index is 12.9. The van der Waals surface area contributed by atoms with E-state index in [4.69, 9.17) is 4.52 Å². The molecule has 1 heterocycles. The Morgan fingerprint density at radius 1 is 1.29 bits per heavy atom. The molecule has 1 N–H and O–H groups in total. The molecule has 0 aliphatic rings. The molecule has 6 nitrogen and oxygen atoms in total. The first kappa shape index (κ1) is 17.7. The third-order valence-corrected chi connectivity index (χ3v) is 3.48. The Balaban J connectivity index is 2.05. The monoisotopic (exact) mass is 333 g/mol. The summed E-state index contributed by atoms with van der Waals surface area (Å²) in [6.45, 7) is 5.35. The van der Waals surface area contributed by atoms with E-state index in [1.807, 2.05) is 13.8 Å². The molecule has 0 aliphatic heterocycles. The largest absolute Gasteiger partial charge is 0.360 e. The van der Waals surface area contributed by atoms with Crippen LogP contribution in [-0.4, -0.2) is 35.5 Å². The fraction of sp³-hybridized carbons (Fsp3) is 0.353. The van der Waals surface area contributed by atoms with Gasteiger partial charge in [-0.2, -0.15) is 0 Å². The topological polar surface area (TPSA) is 75.4 Å². The maximum Gasteiger partial charge on any atom is 0.259 e. The second-order valence-electron chi connectivity index (χ2n) is 5.88. The van der Waals surface area contributed by atoms with Gasteiger partial charge in [-0.3, -0.25) is 9.59 Å². The Kier molecular flexibility index (Phi) is 5.33. The average molecular weight is 333 g/mol. The number of likely N-dealkylation sites (N-methyl/N-ethyl adjacent to an activating group) is 1. The highest BCUT2D eigenvalue weighted by Crippen LogP contribution is 2.23. The van der Waals surface area contributed by atoms with Crippen molar-refractivity contribution in [1.29, 1.82) is 0 Å². The lowest BCUT2D eigenvalue weighted by Gasteiger charge is -2.17. The Labute approximate surface area is 139 Å². The van der Waals surface area contributed by atoms with E-state index in [2.05, 4.69) is 10.5 Å². The first-order valence-corrected chi connectivity index (χ1v) is 7.56. The summed E-state index contributed by atoms with van der Waals surface area (Å²) in [5, 5.41) is 6.45. The number of rotatable bonds is 5. The van der Waals surface area contributed by atoms with E-state index in [9.17, 15) is 14.0 Å². The van der Waals surface area contributed by atoms with Crippen LogP contribution in [0, 0.1) is 12.7 Å². The molecule has 0 saturated carbocycles. The van der Waals surface area contributed by atoms with Gasteiger partial charge in [-0.15, -0.1) is 0 Å². The predicted octanol–water partition coefficient (Wildman–Crippen LogP) is 2.96. The van der Waals surface area contributed by atoms with Gasteiger partial charge in [0.2, 0.25) is 5.91 Å². The SMILES string of the molecule is Cc1noc(C(C)C)c1C(=O)N(C)CC(=O)Nc1ccc(F)cc1. The van der Waals surface area contributed by atoms with Crippen molar-refractivity contribution in [3.05, 3.63) is 47.1 Å². The van der Waals surface area contributed by atoms with Crippen LogP contribution in [0.5, 0.6) is 0 Å². The summed E-state index contributed by atoms with van der Waals surface area (Å²) in [4.78, 5) is 25.9. The van der Waals surface area contributed by atoms with E-state index in [0.717, 1.165) is 0 Å². The number of hydrogen-bond acceptors (Lipinski definition) is 4. The van der Waals surface area contributed by atoms with Crippen LogP contribution in [0.4, 0.5) is 10.1 Å². The molecular formula is C17H20FN3O3. The van der Waals surface area contributed by atoms with E-state index < -0.39 is 0 Å². The first-order valence-electron chi connectivity index (χ1n) is 7.56. The number of halogens is 1. The minimum absolute atomic E-state index is 0.00610. The summed E-state index contributed by atoms with van der Waals surface area (Å²) in [5.41, 5.74) is 1.35. The molecule has 7 heteroatoms. The summed E-state index contributed by atoms with van der Waals surface area (Å²) in [7, 11) is 1.53. The third-order valence-electron chi connectivity index (χ3n) is 3.48. The molecule has 0 atom stereocenters. The van der Waals surface area contributed by atoms with E-state index in [1.54, 1.807) is 6.92 Å². The van der Waals surface area contributed by atoms with E-state index in [1.165, 1.54) is 36.2 Å². The highest BCUT2D eigenvalue weighted by molar-refractivity contribution is 6.00. The van der Waals surface area contributed by atoms with Gasteiger partial charge < -0.3 is 14.7 Å². The molecule has 0 fully saturated rings.